The molecule has 0 aromatic heterocycles. The van der Waals surface area contributed by atoms with Gasteiger partial charge in [-0.3, -0.25) is 0 Å². The van der Waals surface area contributed by atoms with Crippen molar-refractivity contribution in [1.29, 1.82) is 0 Å². The Hall–Kier alpha value is -3.73. The van der Waals surface area contributed by atoms with Gasteiger partial charge in [-0.15, -0.1) is 0 Å². The van der Waals surface area contributed by atoms with Crippen LogP contribution in [-0.4, -0.2) is 34.2 Å². The second-order valence-corrected chi connectivity index (χ2v) is 8.36. The zero-order chi connectivity index (χ0) is 23.2. The number of hydrogen-bond donors (Lipinski definition) is 3. The molecule has 0 unspecified atom stereocenters. The van der Waals surface area contributed by atoms with Crippen molar-refractivity contribution in [1.82, 2.24) is 4.90 Å². The van der Waals surface area contributed by atoms with Crippen LogP contribution in [0.15, 0.2) is 72.8 Å². The number of allylic oxidation sites excluding steroid dienone is 1. The van der Waals surface area contributed by atoms with E-state index in [4.69, 9.17) is 0 Å². The number of hydrogen-bond acceptors (Lipinski definition) is 3. The number of phenols is 2. The number of rotatable bonds is 5. The highest BCUT2D eigenvalue weighted by Gasteiger charge is 2.17. The fraction of sp³-hybridized carbons (Fsp3) is 0.250. The first-order valence-electron chi connectivity index (χ1n) is 11.5. The third-order valence-corrected chi connectivity index (χ3v) is 6.10. The van der Waals surface area contributed by atoms with Gasteiger partial charge in [0.2, 0.25) is 0 Å². The number of likely N-dealkylation sites (tertiary alicyclic amines) is 1. The van der Waals surface area contributed by atoms with E-state index in [1.54, 1.807) is 24.3 Å². The van der Waals surface area contributed by atoms with E-state index in [2.05, 4.69) is 12.2 Å². The monoisotopic (exact) mass is 442 g/mol. The van der Waals surface area contributed by atoms with E-state index in [1.807, 2.05) is 53.4 Å². The van der Waals surface area contributed by atoms with Gasteiger partial charge in [0.15, 0.2) is 0 Å². The number of nitrogens with zero attached hydrogens (tertiary/aromatic N) is 1. The van der Waals surface area contributed by atoms with Crippen LogP contribution >= 0.6 is 0 Å². The molecule has 3 N–H and O–H groups in total. The largest absolute Gasteiger partial charge is 0.508 e. The van der Waals surface area contributed by atoms with Crippen LogP contribution in [0.3, 0.4) is 0 Å². The molecule has 33 heavy (non-hydrogen) atoms. The predicted molar refractivity (Wildman–Crippen MR) is 133 cm³/mol. The summed E-state index contributed by atoms with van der Waals surface area (Å²) in [7, 11) is 0. The Kier molecular flexibility index (Phi) is 6.98. The average Bonchev–Trinajstić information content (AvgIpc) is 2.85. The quantitative estimate of drug-likeness (QED) is 0.396. The number of aromatic hydroxyl groups is 2. The van der Waals surface area contributed by atoms with Crippen molar-refractivity contribution in [2.45, 2.75) is 32.6 Å². The molecule has 2 amide bonds. The lowest BCUT2D eigenvalue weighted by atomic mass is 9.88. The van der Waals surface area contributed by atoms with Crippen LogP contribution in [0, 0.1) is 0 Å². The molecule has 1 fully saturated rings. The van der Waals surface area contributed by atoms with Crippen molar-refractivity contribution in [2.75, 3.05) is 18.4 Å². The average molecular weight is 443 g/mol. The first kappa shape index (κ1) is 22.5. The molecule has 1 aliphatic heterocycles. The van der Waals surface area contributed by atoms with Crippen LogP contribution in [-0.2, 0) is 0 Å². The van der Waals surface area contributed by atoms with Gasteiger partial charge in [0.1, 0.15) is 11.5 Å². The molecule has 1 aliphatic rings. The predicted octanol–water partition coefficient (Wildman–Crippen LogP) is 6.48. The van der Waals surface area contributed by atoms with Crippen molar-refractivity contribution >= 4 is 22.9 Å². The molecule has 1 saturated heterocycles. The lowest BCUT2D eigenvalue weighted by molar-refractivity contribution is 0.200. The van der Waals surface area contributed by atoms with Crippen LogP contribution in [0.1, 0.15) is 49.3 Å². The van der Waals surface area contributed by atoms with Gasteiger partial charge in [0, 0.05) is 18.8 Å². The van der Waals surface area contributed by atoms with Gasteiger partial charge in [-0.1, -0.05) is 43.3 Å². The molecule has 0 atom stereocenters. The van der Waals surface area contributed by atoms with Crippen molar-refractivity contribution in [3.05, 3.63) is 89.5 Å². The van der Waals surface area contributed by atoms with Crippen molar-refractivity contribution in [3.63, 3.8) is 0 Å². The molecular formula is C28H30N2O3. The number of carbonyl (C=O) groups is 1. The van der Waals surface area contributed by atoms with Crippen LogP contribution in [0.4, 0.5) is 10.5 Å². The van der Waals surface area contributed by atoms with Gasteiger partial charge in [-0.25, -0.2) is 4.79 Å². The number of piperidine rings is 1. The second kappa shape index (κ2) is 10.3. The summed E-state index contributed by atoms with van der Waals surface area (Å²) in [5, 5.41) is 22.5. The summed E-state index contributed by atoms with van der Waals surface area (Å²) >= 11 is 0. The van der Waals surface area contributed by atoms with E-state index in [9.17, 15) is 15.0 Å². The van der Waals surface area contributed by atoms with Crippen molar-refractivity contribution in [2.24, 2.45) is 0 Å². The number of nitrogens with one attached hydrogen (secondary N) is 1. The highest BCUT2D eigenvalue weighted by Crippen LogP contribution is 2.36. The smallest absolute Gasteiger partial charge is 0.321 e. The number of anilines is 1. The fourth-order valence-electron chi connectivity index (χ4n) is 4.35. The van der Waals surface area contributed by atoms with Crippen LogP contribution in [0.25, 0.3) is 11.1 Å². The summed E-state index contributed by atoms with van der Waals surface area (Å²) in [5.74, 6) is 0.450. The molecule has 0 bridgehead atoms. The van der Waals surface area contributed by atoms with Crippen molar-refractivity contribution < 1.29 is 15.0 Å². The standard InChI is InChI=1S/C28H30N2O3/c1-2-26(20-8-14-24(31)15-9-20)27(22-10-16-25(32)17-11-22)21-6-12-23(13-7-21)29-28(33)30-18-4-3-5-19-30/h6-17,31-32H,2-5,18-19H2,1H3,(H,29,33)/b27-26+. The maximum absolute atomic E-state index is 12.6. The highest BCUT2D eigenvalue weighted by molar-refractivity contribution is 5.99. The molecule has 170 valence electrons. The summed E-state index contributed by atoms with van der Waals surface area (Å²) in [6.07, 6.45) is 4.09. The van der Waals surface area contributed by atoms with Crippen LogP contribution < -0.4 is 5.32 Å². The van der Waals surface area contributed by atoms with E-state index in [-0.39, 0.29) is 17.5 Å². The maximum Gasteiger partial charge on any atom is 0.321 e. The van der Waals surface area contributed by atoms with Crippen LogP contribution in [0.5, 0.6) is 11.5 Å². The minimum Gasteiger partial charge on any atom is -0.508 e. The number of carbonyl (C=O) groups excluding carboxylic acids is 1. The number of amides is 2. The Morgan fingerprint density at radius 1 is 0.758 bits per heavy atom. The van der Waals surface area contributed by atoms with Gasteiger partial charge < -0.3 is 20.4 Å². The first-order chi connectivity index (χ1) is 16.0. The van der Waals surface area contributed by atoms with E-state index in [0.29, 0.717) is 0 Å². The third kappa shape index (κ3) is 5.37. The Balaban J connectivity index is 1.69. The topological polar surface area (TPSA) is 72.8 Å². The summed E-state index contributed by atoms with van der Waals surface area (Å²) in [6.45, 7) is 3.73. The van der Waals surface area contributed by atoms with Gasteiger partial charge in [-0.2, -0.15) is 0 Å². The lowest BCUT2D eigenvalue weighted by Crippen LogP contribution is -2.38. The summed E-state index contributed by atoms with van der Waals surface area (Å²) in [6, 6.07) is 22.3. The summed E-state index contributed by atoms with van der Waals surface area (Å²) in [4.78, 5) is 14.4. The Morgan fingerprint density at radius 3 is 1.76 bits per heavy atom. The molecular weight excluding hydrogens is 412 g/mol. The summed E-state index contributed by atoms with van der Waals surface area (Å²) < 4.78 is 0. The first-order valence-corrected chi connectivity index (χ1v) is 11.5. The fourth-order valence-corrected chi connectivity index (χ4v) is 4.35. The van der Waals surface area contributed by atoms with Gasteiger partial charge >= 0.3 is 6.03 Å². The molecule has 0 radical (unpaired) electrons. The molecule has 3 aromatic rings. The normalized spacial score (nSPS) is 14.5. The molecule has 0 aliphatic carbocycles. The molecule has 5 heteroatoms. The van der Waals surface area contributed by atoms with E-state index < -0.39 is 0 Å². The SMILES string of the molecule is CC/C(=C(\c1ccc(O)cc1)c1ccc(NC(=O)N2CCCCC2)cc1)c1ccc(O)cc1. The third-order valence-electron chi connectivity index (χ3n) is 6.10. The minimum absolute atomic E-state index is 0.0462. The van der Waals surface area contributed by atoms with E-state index >= 15 is 0 Å². The summed E-state index contributed by atoms with van der Waals surface area (Å²) in [5.41, 5.74) is 5.98. The number of urea groups is 1. The van der Waals surface area contributed by atoms with Gasteiger partial charge in [0.05, 0.1) is 0 Å². The zero-order valence-corrected chi connectivity index (χ0v) is 18.9. The molecule has 1 heterocycles. The van der Waals surface area contributed by atoms with Crippen molar-refractivity contribution in [3.8, 4) is 11.5 Å². The number of phenolic OH excluding ortho intramolecular Hbond substituents is 2. The van der Waals surface area contributed by atoms with E-state index in [1.165, 1.54) is 6.42 Å². The Morgan fingerprint density at radius 2 is 1.24 bits per heavy atom. The molecule has 3 aromatic carbocycles. The van der Waals surface area contributed by atoms with Gasteiger partial charge in [-0.05, 0) is 89.9 Å². The minimum atomic E-state index is -0.0462. The Labute approximate surface area is 195 Å². The number of benzene rings is 3. The molecule has 0 spiro atoms. The van der Waals surface area contributed by atoms with Crippen LogP contribution in [0.2, 0.25) is 0 Å². The maximum atomic E-state index is 12.6. The molecule has 4 rings (SSSR count). The van der Waals surface area contributed by atoms with Gasteiger partial charge in [0.25, 0.3) is 0 Å². The second-order valence-electron chi connectivity index (χ2n) is 8.36. The molecule has 5 nitrogen and oxygen atoms in total. The highest BCUT2D eigenvalue weighted by atomic mass is 16.3. The Bertz CT molecular complexity index is 1110. The molecule has 0 saturated carbocycles. The zero-order valence-electron chi connectivity index (χ0n) is 18.9. The van der Waals surface area contributed by atoms with E-state index in [0.717, 1.165) is 65.9 Å². The lowest BCUT2D eigenvalue weighted by Gasteiger charge is -2.26.